The van der Waals surface area contributed by atoms with Crippen molar-refractivity contribution in [2.75, 3.05) is 5.32 Å². The van der Waals surface area contributed by atoms with E-state index in [2.05, 4.69) is 15.6 Å². The molecule has 2 aromatic carbocycles. The Morgan fingerprint density at radius 3 is 2.65 bits per heavy atom. The molecule has 1 heterocycles. The zero-order valence-electron chi connectivity index (χ0n) is 14.0. The molecule has 1 amide bonds. The van der Waals surface area contributed by atoms with Crippen molar-refractivity contribution in [3.05, 3.63) is 70.3 Å². The fourth-order valence-electron chi connectivity index (χ4n) is 2.83. The first-order valence-corrected chi connectivity index (χ1v) is 8.70. The zero-order chi connectivity index (χ0) is 18.3. The molecule has 26 heavy (non-hydrogen) atoms. The molecule has 1 N–H and O–H groups in total. The van der Waals surface area contributed by atoms with Crippen LogP contribution in [0.5, 0.6) is 0 Å². The van der Waals surface area contributed by atoms with Crippen LogP contribution < -0.4 is 5.32 Å². The number of halogens is 2. The number of nitrogens with zero attached hydrogens (tertiary/aromatic N) is 3. The number of hydrogen-bond acceptors (Lipinski definition) is 3. The highest BCUT2D eigenvalue weighted by Gasteiger charge is 2.34. The van der Waals surface area contributed by atoms with Crippen molar-refractivity contribution in [2.45, 2.75) is 25.7 Å². The molecule has 4 rings (SSSR count). The van der Waals surface area contributed by atoms with Gasteiger partial charge in [0.1, 0.15) is 5.82 Å². The summed E-state index contributed by atoms with van der Waals surface area (Å²) in [5.41, 5.74) is 2.98. The molecule has 0 saturated heterocycles. The summed E-state index contributed by atoms with van der Waals surface area (Å²) >= 11 is 5.88. The van der Waals surface area contributed by atoms with E-state index >= 15 is 0 Å². The van der Waals surface area contributed by atoms with Crippen LogP contribution in [-0.4, -0.2) is 20.9 Å². The fraction of sp³-hybridized carbons (Fsp3) is 0.211. The van der Waals surface area contributed by atoms with Gasteiger partial charge in [-0.05, 0) is 50.1 Å². The van der Waals surface area contributed by atoms with Crippen LogP contribution >= 0.6 is 11.6 Å². The van der Waals surface area contributed by atoms with E-state index in [9.17, 15) is 9.18 Å². The Bertz CT molecular complexity index is 980. The zero-order valence-corrected chi connectivity index (χ0v) is 14.8. The molecule has 3 aromatic rings. The smallest absolute Gasteiger partial charge is 0.278 e. The second-order valence-corrected chi connectivity index (χ2v) is 6.86. The molecule has 0 unspecified atom stereocenters. The van der Waals surface area contributed by atoms with Crippen LogP contribution in [0.3, 0.4) is 0 Å². The van der Waals surface area contributed by atoms with E-state index in [0.29, 0.717) is 5.02 Å². The second-order valence-electron chi connectivity index (χ2n) is 6.42. The molecule has 0 bridgehead atoms. The molecule has 1 fully saturated rings. The fourth-order valence-corrected chi connectivity index (χ4v) is 3.00. The minimum Gasteiger partial charge on any atom is -0.318 e. The molecule has 132 valence electrons. The Balaban J connectivity index is 1.69. The lowest BCUT2D eigenvalue weighted by Crippen LogP contribution is -2.16. The molecule has 0 atom stereocenters. The lowest BCUT2D eigenvalue weighted by atomic mass is 10.2. The quantitative estimate of drug-likeness (QED) is 0.735. The molecule has 0 radical (unpaired) electrons. The Morgan fingerprint density at radius 2 is 1.96 bits per heavy atom. The van der Waals surface area contributed by atoms with E-state index in [0.717, 1.165) is 29.8 Å². The molecule has 1 saturated carbocycles. The van der Waals surface area contributed by atoms with Crippen LogP contribution in [0.2, 0.25) is 5.02 Å². The summed E-state index contributed by atoms with van der Waals surface area (Å²) < 4.78 is 15.6. The predicted molar refractivity (Wildman–Crippen MR) is 97.4 cm³/mol. The minimum absolute atomic E-state index is 0.0223. The first kappa shape index (κ1) is 16.7. The van der Waals surface area contributed by atoms with Gasteiger partial charge in [-0.15, -0.1) is 5.10 Å². The number of nitrogens with one attached hydrogen (secondary N) is 1. The standard InChI is InChI=1S/C19H16ClFN4O/c1-11-2-7-14(8-3-11)25-18(12-4-5-12)17(23-24-25)19(26)22-16-10-13(20)6-9-15(16)21/h2-3,6-10,12H,4-5H2,1H3,(H,22,26). The maximum absolute atomic E-state index is 13.9. The van der Waals surface area contributed by atoms with Crippen molar-refractivity contribution >= 4 is 23.2 Å². The summed E-state index contributed by atoms with van der Waals surface area (Å²) in [6, 6.07) is 11.8. The van der Waals surface area contributed by atoms with Gasteiger partial charge in [0.25, 0.3) is 5.91 Å². The third kappa shape index (κ3) is 3.20. The van der Waals surface area contributed by atoms with E-state index in [1.165, 1.54) is 18.2 Å². The van der Waals surface area contributed by atoms with E-state index < -0.39 is 11.7 Å². The number of aryl methyl sites for hydroxylation is 1. The average Bonchev–Trinajstić information content (AvgIpc) is 3.37. The van der Waals surface area contributed by atoms with Gasteiger partial charge in [0.15, 0.2) is 5.69 Å². The van der Waals surface area contributed by atoms with Crippen LogP contribution in [0, 0.1) is 12.7 Å². The summed E-state index contributed by atoms with van der Waals surface area (Å²) in [5, 5.41) is 11.1. The van der Waals surface area contributed by atoms with E-state index in [1.807, 2.05) is 31.2 Å². The first-order valence-electron chi connectivity index (χ1n) is 8.32. The largest absolute Gasteiger partial charge is 0.318 e. The van der Waals surface area contributed by atoms with Gasteiger partial charge in [-0.2, -0.15) is 0 Å². The minimum atomic E-state index is -0.554. The molecule has 0 aliphatic heterocycles. The van der Waals surface area contributed by atoms with Gasteiger partial charge in [0.2, 0.25) is 0 Å². The molecule has 7 heteroatoms. The highest BCUT2D eigenvalue weighted by Crippen LogP contribution is 2.42. The SMILES string of the molecule is Cc1ccc(-n2nnc(C(=O)Nc3cc(Cl)ccc3F)c2C2CC2)cc1. The van der Waals surface area contributed by atoms with Gasteiger partial charge in [-0.25, -0.2) is 9.07 Å². The Hall–Kier alpha value is -2.73. The van der Waals surface area contributed by atoms with Crippen LogP contribution in [0.15, 0.2) is 42.5 Å². The van der Waals surface area contributed by atoms with Gasteiger partial charge < -0.3 is 5.32 Å². The average molecular weight is 371 g/mol. The summed E-state index contributed by atoms with van der Waals surface area (Å²) in [5.74, 6) is -0.815. The normalized spacial score (nSPS) is 13.7. The first-order chi connectivity index (χ1) is 12.5. The molecule has 1 aliphatic rings. The van der Waals surface area contributed by atoms with Crippen molar-refractivity contribution in [3.63, 3.8) is 0 Å². The molecular formula is C19H16ClFN4O. The highest BCUT2D eigenvalue weighted by molar-refractivity contribution is 6.31. The number of aromatic nitrogens is 3. The summed E-state index contributed by atoms with van der Waals surface area (Å²) in [7, 11) is 0. The van der Waals surface area contributed by atoms with Crippen molar-refractivity contribution in [3.8, 4) is 5.69 Å². The summed E-state index contributed by atoms with van der Waals surface area (Å²) in [6.45, 7) is 2.01. The van der Waals surface area contributed by atoms with E-state index in [1.54, 1.807) is 4.68 Å². The van der Waals surface area contributed by atoms with Gasteiger partial charge in [0, 0.05) is 10.9 Å². The van der Waals surface area contributed by atoms with Crippen LogP contribution in [0.25, 0.3) is 5.69 Å². The third-order valence-corrected chi connectivity index (χ3v) is 4.57. The van der Waals surface area contributed by atoms with E-state index in [4.69, 9.17) is 11.6 Å². The number of amides is 1. The molecule has 1 aromatic heterocycles. The lowest BCUT2D eigenvalue weighted by Gasteiger charge is -2.09. The lowest BCUT2D eigenvalue weighted by molar-refractivity contribution is 0.102. The van der Waals surface area contributed by atoms with Crippen LogP contribution in [0.1, 0.15) is 40.5 Å². The highest BCUT2D eigenvalue weighted by atomic mass is 35.5. The van der Waals surface area contributed by atoms with Gasteiger partial charge in [-0.3, -0.25) is 4.79 Å². The number of anilines is 1. The van der Waals surface area contributed by atoms with E-state index in [-0.39, 0.29) is 17.3 Å². The molecule has 1 aliphatic carbocycles. The van der Waals surface area contributed by atoms with Gasteiger partial charge in [-0.1, -0.05) is 34.5 Å². The van der Waals surface area contributed by atoms with Crippen LogP contribution in [0.4, 0.5) is 10.1 Å². The summed E-state index contributed by atoms with van der Waals surface area (Å²) in [6.07, 6.45) is 1.95. The van der Waals surface area contributed by atoms with Gasteiger partial charge >= 0.3 is 0 Å². The molecule has 5 nitrogen and oxygen atoms in total. The topological polar surface area (TPSA) is 59.8 Å². The predicted octanol–water partition coefficient (Wildman–Crippen LogP) is 4.50. The van der Waals surface area contributed by atoms with Crippen molar-refractivity contribution in [1.29, 1.82) is 0 Å². The van der Waals surface area contributed by atoms with Gasteiger partial charge in [0.05, 0.1) is 17.1 Å². The Labute approximate surface area is 154 Å². The van der Waals surface area contributed by atoms with Crippen molar-refractivity contribution < 1.29 is 9.18 Å². The monoisotopic (exact) mass is 370 g/mol. The molecule has 0 spiro atoms. The number of carbonyl (C=O) groups excluding carboxylic acids is 1. The number of carbonyl (C=O) groups is 1. The van der Waals surface area contributed by atoms with Crippen molar-refractivity contribution in [1.82, 2.24) is 15.0 Å². The number of rotatable bonds is 4. The number of benzene rings is 2. The summed E-state index contributed by atoms with van der Waals surface area (Å²) in [4.78, 5) is 12.7. The van der Waals surface area contributed by atoms with Crippen molar-refractivity contribution in [2.24, 2.45) is 0 Å². The second kappa shape index (κ2) is 6.53. The molecular weight excluding hydrogens is 355 g/mol. The maximum Gasteiger partial charge on any atom is 0.278 e. The Kier molecular flexibility index (Phi) is 4.20. The number of hydrogen-bond donors (Lipinski definition) is 1. The third-order valence-electron chi connectivity index (χ3n) is 4.34. The Morgan fingerprint density at radius 1 is 1.23 bits per heavy atom. The van der Waals surface area contributed by atoms with Crippen LogP contribution in [-0.2, 0) is 0 Å². The maximum atomic E-state index is 13.9.